The molecule has 1 aromatic heterocycles. The van der Waals surface area contributed by atoms with Crippen LogP contribution in [0.15, 0.2) is 59.3 Å². The van der Waals surface area contributed by atoms with Gasteiger partial charge in [-0.25, -0.2) is 4.98 Å². The lowest BCUT2D eigenvalue weighted by Crippen LogP contribution is -2.14. The first-order chi connectivity index (χ1) is 13.3. The number of halogens is 5. The van der Waals surface area contributed by atoms with Gasteiger partial charge in [-0.15, -0.1) is 0 Å². The number of carbonyl (C=O) groups is 1. The Labute approximate surface area is 154 Å². The topological polar surface area (TPSA) is 64.4 Å². The van der Waals surface area contributed by atoms with E-state index in [1.807, 2.05) is 0 Å². The molecular weight excluding hydrogens is 387 g/mol. The van der Waals surface area contributed by atoms with E-state index in [-0.39, 0.29) is 28.5 Å². The van der Waals surface area contributed by atoms with E-state index in [0.29, 0.717) is 0 Å². The molecule has 0 spiro atoms. The van der Waals surface area contributed by atoms with Crippen molar-refractivity contribution in [2.45, 2.75) is 12.8 Å². The number of ether oxygens (including phenoxy) is 1. The number of amides is 1. The highest BCUT2D eigenvalue weighted by Gasteiger charge is 2.30. The third kappa shape index (κ3) is 4.27. The predicted molar refractivity (Wildman–Crippen MR) is 88.0 cm³/mol. The summed E-state index contributed by atoms with van der Waals surface area (Å²) in [5, 5.41) is 2.28. The van der Waals surface area contributed by atoms with Crippen LogP contribution in [0.5, 0.6) is 5.75 Å². The van der Waals surface area contributed by atoms with Crippen LogP contribution in [0.25, 0.3) is 11.3 Å². The first-order valence-corrected chi connectivity index (χ1v) is 7.72. The molecule has 10 heteroatoms. The maximum absolute atomic E-state index is 12.8. The van der Waals surface area contributed by atoms with Crippen molar-refractivity contribution in [2.24, 2.45) is 0 Å². The van der Waals surface area contributed by atoms with Crippen molar-refractivity contribution in [3.05, 3.63) is 66.2 Å². The van der Waals surface area contributed by atoms with Gasteiger partial charge in [0.05, 0.1) is 11.1 Å². The van der Waals surface area contributed by atoms with Crippen molar-refractivity contribution >= 4 is 11.6 Å². The average molecular weight is 398 g/mol. The van der Waals surface area contributed by atoms with Gasteiger partial charge >= 0.3 is 12.8 Å². The summed E-state index contributed by atoms with van der Waals surface area (Å²) in [6.07, 6.45) is -3.67. The van der Waals surface area contributed by atoms with Crippen LogP contribution in [-0.2, 0) is 6.18 Å². The number of hydrogen-bond acceptors (Lipinski definition) is 4. The fourth-order valence-electron chi connectivity index (χ4n) is 2.42. The van der Waals surface area contributed by atoms with E-state index in [2.05, 4.69) is 15.0 Å². The summed E-state index contributed by atoms with van der Waals surface area (Å²) in [4.78, 5) is 16.2. The van der Waals surface area contributed by atoms with Gasteiger partial charge in [-0.3, -0.25) is 4.79 Å². The van der Waals surface area contributed by atoms with Crippen LogP contribution in [0.4, 0.5) is 27.6 Å². The second-order valence-corrected chi connectivity index (χ2v) is 5.44. The minimum atomic E-state index is -4.58. The zero-order valence-corrected chi connectivity index (χ0v) is 13.8. The Hall–Kier alpha value is -3.43. The number of para-hydroxylation sites is 1. The van der Waals surface area contributed by atoms with E-state index in [1.165, 1.54) is 30.3 Å². The molecule has 0 saturated carbocycles. The van der Waals surface area contributed by atoms with Crippen molar-refractivity contribution in [1.29, 1.82) is 0 Å². The van der Waals surface area contributed by atoms with Crippen LogP contribution in [0.2, 0.25) is 0 Å². The SMILES string of the molecule is O=C(Nc1cccc(C(F)(F)F)c1)c1ncoc1-c1ccccc1OC(F)F. The Morgan fingerprint density at radius 1 is 1.11 bits per heavy atom. The molecule has 0 atom stereocenters. The summed E-state index contributed by atoms with van der Waals surface area (Å²) in [6, 6.07) is 9.58. The number of aromatic nitrogens is 1. The number of alkyl halides is 5. The number of hydrogen-bond donors (Lipinski definition) is 1. The van der Waals surface area contributed by atoms with E-state index < -0.39 is 24.3 Å². The molecule has 1 N–H and O–H groups in total. The summed E-state index contributed by atoms with van der Waals surface area (Å²) < 4.78 is 73.1. The largest absolute Gasteiger partial charge is 0.442 e. The van der Waals surface area contributed by atoms with Gasteiger partial charge in [-0.1, -0.05) is 18.2 Å². The van der Waals surface area contributed by atoms with Crippen LogP contribution in [0.1, 0.15) is 16.1 Å². The number of nitrogens with one attached hydrogen (secondary N) is 1. The van der Waals surface area contributed by atoms with Gasteiger partial charge < -0.3 is 14.5 Å². The van der Waals surface area contributed by atoms with E-state index in [4.69, 9.17) is 4.42 Å². The monoisotopic (exact) mass is 398 g/mol. The van der Waals surface area contributed by atoms with Crippen molar-refractivity contribution in [2.75, 3.05) is 5.32 Å². The molecule has 3 aromatic rings. The Morgan fingerprint density at radius 3 is 2.57 bits per heavy atom. The summed E-state index contributed by atoms with van der Waals surface area (Å²) in [5.41, 5.74) is -1.33. The molecule has 0 bridgehead atoms. The van der Waals surface area contributed by atoms with Gasteiger partial charge in [0.1, 0.15) is 5.75 Å². The Balaban J connectivity index is 1.90. The lowest BCUT2D eigenvalue weighted by Gasteiger charge is -2.11. The van der Waals surface area contributed by atoms with Crippen molar-refractivity contribution in [3.8, 4) is 17.1 Å². The van der Waals surface area contributed by atoms with Crippen LogP contribution < -0.4 is 10.1 Å². The van der Waals surface area contributed by atoms with Crippen molar-refractivity contribution in [3.63, 3.8) is 0 Å². The van der Waals surface area contributed by atoms with Gasteiger partial charge in [-0.05, 0) is 30.3 Å². The lowest BCUT2D eigenvalue weighted by atomic mass is 10.1. The highest BCUT2D eigenvalue weighted by Crippen LogP contribution is 2.34. The number of nitrogens with zero attached hydrogens (tertiary/aromatic N) is 1. The molecule has 0 aliphatic carbocycles. The lowest BCUT2D eigenvalue weighted by molar-refractivity contribution is -0.137. The fourth-order valence-corrected chi connectivity index (χ4v) is 2.42. The van der Waals surface area contributed by atoms with Crippen LogP contribution >= 0.6 is 0 Å². The second kappa shape index (κ2) is 7.67. The molecule has 1 heterocycles. The van der Waals surface area contributed by atoms with Crippen LogP contribution in [-0.4, -0.2) is 17.5 Å². The standard InChI is InChI=1S/C18H11F5N2O3/c19-17(20)28-13-7-2-1-6-12(13)15-14(24-9-27-15)16(26)25-11-5-3-4-10(8-11)18(21,22)23/h1-9,17H,(H,25,26). The quantitative estimate of drug-likeness (QED) is 0.599. The number of carbonyl (C=O) groups excluding carboxylic acids is 1. The number of benzene rings is 2. The molecule has 0 radical (unpaired) electrons. The maximum atomic E-state index is 12.8. The fraction of sp³-hybridized carbons (Fsp3) is 0.111. The Bertz CT molecular complexity index is 985. The zero-order valence-electron chi connectivity index (χ0n) is 13.8. The number of rotatable bonds is 5. The maximum Gasteiger partial charge on any atom is 0.416 e. The van der Waals surface area contributed by atoms with E-state index in [9.17, 15) is 26.7 Å². The van der Waals surface area contributed by atoms with Gasteiger partial charge in [0, 0.05) is 5.69 Å². The average Bonchev–Trinajstić information content (AvgIpc) is 3.11. The summed E-state index contributed by atoms with van der Waals surface area (Å²) in [5.74, 6) is -1.29. The van der Waals surface area contributed by atoms with E-state index >= 15 is 0 Å². The van der Waals surface area contributed by atoms with E-state index in [0.717, 1.165) is 24.6 Å². The molecule has 0 aliphatic rings. The van der Waals surface area contributed by atoms with Crippen molar-refractivity contribution < 1.29 is 35.9 Å². The summed E-state index contributed by atoms with van der Waals surface area (Å²) in [7, 11) is 0. The molecule has 0 fully saturated rings. The van der Waals surface area contributed by atoms with Gasteiger partial charge in [0.15, 0.2) is 17.8 Å². The first-order valence-electron chi connectivity index (χ1n) is 7.72. The van der Waals surface area contributed by atoms with Crippen LogP contribution in [0.3, 0.4) is 0 Å². The number of anilines is 1. The molecule has 146 valence electrons. The first kappa shape index (κ1) is 19.3. The van der Waals surface area contributed by atoms with Crippen LogP contribution in [0, 0.1) is 0 Å². The zero-order chi connectivity index (χ0) is 20.3. The number of oxazole rings is 1. The van der Waals surface area contributed by atoms with Gasteiger partial charge in [0.25, 0.3) is 5.91 Å². The van der Waals surface area contributed by atoms with Crippen molar-refractivity contribution in [1.82, 2.24) is 4.98 Å². The molecule has 28 heavy (non-hydrogen) atoms. The molecule has 0 aliphatic heterocycles. The second-order valence-electron chi connectivity index (χ2n) is 5.44. The Morgan fingerprint density at radius 2 is 1.86 bits per heavy atom. The smallest absolute Gasteiger partial charge is 0.416 e. The third-order valence-electron chi connectivity index (χ3n) is 3.58. The summed E-state index contributed by atoms with van der Waals surface area (Å²) in [6.45, 7) is -3.11. The molecule has 5 nitrogen and oxygen atoms in total. The molecule has 3 rings (SSSR count). The third-order valence-corrected chi connectivity index (χ3v) is 3.58. The molecular formula is C18H11F5N2O3. The Kier molecular flexibility index (Phi) is 5.30. The summed E-state index contributed by atoms with van der Waals surface area (Å²) >= 11 is 0. The molecule has 0 unspecified atom stereocenters. The minimum Gasteiger partial charge on any atom is -0.442 e. The normalized spacial score (nSPS) is 11.5. The molecule has 1 amide bonds. The minimum absolute atomic E-state index is 0.0366. The van der Waals surface area contributed by atoms with Gasteiger partial charge in [0.2, 0.25) is 0 Å². The molecule has 2 aromatic carbocycles. The van der Waals surface area contributed by atoms with Gasteiger partial charge in [-0.2, -0.15) is 22.0 Å². The highest BCUT2D eigenvalue weighted by molar-refractivity contribution is 6.06. The highest BCUT2D eigenvalue weighted by atomic mass is 19.4. The molecule has 0 saturated heterocycles. The predicted octanol–water partition coefficient (Wildman–Crippen LogP) is 5.21. The van der Waals surface area contributed by atoms with E-state index in [1.54, 1.807) is 0 Å².